The first-order valence-corrected chi connectivity index (χ1v) is 5.82. The van der Waals surface area contributed by atoms with Crippen molar-refractivity contribution in [2.24, 2.45) is 0 Å². The van der Waals surface area contributed by atoms with E-state index in [4.69, 9.17) is 14.3 Å². The van der Waals surface area contributed by atoms with E-state index in [1.807, 2.05) is 18.2 Å². The van der Waals surface area contributed by atoms with Crippen LogP contribution in [0.2, 0.25) is 0 Å². The average Bonchev–Trinajstić information content (AvgIpc) is 2.98. The first-order chi connectivity index (χ1) is 9.15. The van der Waals surface area contributed by atoms with Gasteiger partial charge in [0.25, 0.3) is 0 Å². The van der Waals surface area contributed by atoms with Crippen LogP contribution in [0.25, 0.3) is 5.57 Å². The molecule has 1 aromatic heterocycles. The monoisotopic (exact) mass is 257 g/mol. The van der Waals surface area contributed by atoms with Gasteiger partial charge in [-0.1, -0.05) is 18.7 Å². The molecule has 1 N–H and O–H groups in total. The maximum absolute atomic E-state index is 10.7. The van der Waals surface area contributed by atoms with Gasteiger partial charge >= 0.3 is 12.0 Å². The second-order valence-electron chi connectivity index (χ2n) is 4.29. The normalized spacial score (nSPS) is 13.4. The number of allylic oxidation sites excluding steroid dienone is 1. The number of rotatable bonds is 3. The molecule has 1 heterocycles. The fraction of sp³-hybridized carbons (Fsp3) is 0.143. The standard InChI is InChI=1S/C14H11NO4/c1-8-5-6-10-9(8)3-2-4-12(10)19-14-15-11(7-18-14)13(16)17/h2-4,7H,1,5-6H2,(H,16,17). The Balaban J connectivity index is 1.91. The fourth-order valence-electron chi connectivity index (χ4n) is 2.16. The number of hydrogen-bond donors (Lipinski definition) is 1. The van der Waals surface area contributed by atoms with Gasteiger partial charge in [0.15, 0.2) is 5.69 Å². The zero-order valence-corrected chi connectivity index (χ0v) is 10.0. The van der Waals surface area contributed by atoms with Crippen molar-refractivity contribution >= 4 is 11.5 Å². The third kappa shape index (κ3) is 1.99. The highest BCUT2D eigenvalue weighted by Crippen LogP contribution is 2.38. The van der Waals surface area contributed by atoms with Crippen molar-refractivity contribution in [3.05, 3.63) is 47.9 Å². The Labute approximate surface area is 109 Å². The molecule has 2 aromatic rings. The van der Waals surface area contributed by atoms with E-state index in [1.54, 1.807) is 0 Å². The van der Waals surface area contributed by atoms with Crippen molar-refractivity contribution in [1.82, 2.24) is 4.98 Å². The average molecular weight is 257 g/mol. The summed E-state index contributed by atoms with van der Waals surface area (Å²) >= 11 is 0. The van der Waals surface area contributed by atoms with Crippen molar-refractivity contribution in [3.8, 4) is 11.8 Å². The van der Waals surface area contributed by atoms with Crippen molar-refractivity contribution in [3.63, 3.8) is 0 Å². The van der Waals surface area contributed by atoms with Crippen LogP contribution in [0.3, 0.4) is 0 Å². The number of nitrogens with zero attached hydrogens (tertiary/aromatic N) is 1. The summed E-state index contributed by atoms with van der Waals surface area (Å²) in [5, 5.41) is 8.76. The zero-order chi connectivity index (χ0) is 13.4. The summed E-state index contributed by atoms with van der Waals surface area (Å²) in [5.74, 6) is -0.514. The van der Waals surface area contributed by atoms with Crippen molar-refractivity contribution in [2.45, 2.75) is 12.8 Å². The SMILES string of the molecule is C=C1CCc2c(Oc3nc(C(=O)O)co3)cccc21. The van der Waals surface area contributed by atoms with Crippen LogP contribution in [0.1, 0.15) is 28.0 Å². The molecule has 5 nitrogen and oxygen atoms in total. The Morgan fingerprint density at radius 3 is 3.00 bits per heavy atom. The molecule has 0 atom stereocenters. The summed E-state index contributed by atoms with van der Waals surface area (Å²) in [6, 6.07) is 5.67. The molecule has 0 radical (unpaired) electrons. The molecule has 0 saturated heterocycles. The van der Waals surface area contributed by atoms with E-state index >= 15 is 0 Å². The maximum Gasteiger partial charge on any atom is 0.399 e. The Bertz CT molecular complexity index is 672. The van der Waals surface area contributed by atoms with E-state index in [9.17, 15) is 4.79 Å². The number of fused-ring (bicyclic) bond motifs is 1. The van der Waals surface area contributed by atoms with Gasteiger partial charge in [-0.25, -0.2) is 4.79 Å². The highest BCUT2D eigenvalue weighted by molar-refractivity contribution is 5.84. The van der Waals surface area contributed by atoms with Crippen LogP contribution in [0.4, 0.5) is 0 Å². The molecule has 96 valence electrons. The fourth-order valence-corrected chi connectivity index (χ4v) is 2.16. The minimum absolute atomic E-state index is 0.0664. The lowest BCUT2D eigenvalue weighted by Crippen LogP contribution is -1.96. The third-order valence-corrected chi connectivity index (χ3v) is 3.09. The molecular weight excluding hydrogens is 246 g/mol. The van der Waals surface area contributed by atoms with Crippen LogP contribution in [-0.4, -0.2) is 16.1 Å². The molecule has 0 fully saturated rings. The van der Waals surface area contributed by atoms with Gasteiger partial charge in [-0.15, -0.1) is 0 Å². The van der Waals surface area contributed by atoms with E-state index in [0.29, 0.717) is 5.75 Å². The third-order valence-electron chi connectivity index (χ3n) is 3.09. The van der Waals surface area contributed by atoms with E-state index in [2.05, 4.69) is 11.6 Å². The maximum atomic E-state index is 10.7. The van der Waals surface area contributed by atoms with Gasteiger partial charge in [0, 0.05) is 5.56 Å². The number of carboxylic acid groups (broad SMARTS) is 1. The van der Waals surface area contributed by atoms with E-state index < -0.39 is 5.97 Å². The van der Waals surface area contributed by atoms with Crippen molar-refractivity contribution in [2.75, 3.05) is 0 Å². The number of hydrogen-bond acceptors (Lipinski definition) is 4. The predicted octanol–water partition coefficient (Wildman–Crippen LogP) is 3.12. The largest absolute Gasteiger partial charge is 0.476 e. The van der Waals surface area contributed by atoms with Gasteiger partial charge in [-0.05, 0) is 30.0 Å². The highest BCUT2D eigenvalue weighted by atomic mass is 16.6. The number of benzene rings is 1. The molecule has 0 saturated carbocycles. The second-order valence-corrected chi connectivity index (χ2v) is 4.29. The van der Waals surface area contributed by atoms with Gasteiger partial charge in [0.05, 0.1) is 0 Å². The van der Waals surface area contributed by atoms with Crippen LogP contribution >= 0.6 is 0 Å². The summed E-state index contributed by atoms with van der Waals surface area (Å²) in [7, 11) is 0. The quantitative estimate of drug-likeness (QED) is 0.914. The Morgan fingerprint density at radius 2 is 2.26 bits per heavy atom. The van der Waals surface area contributed by atoms with Crippen molar-refractivity contribution in [1.29, 1.82) is 0 Å². The molecule has 0 aliphatic heterocycles. The van der Waals surface area contributed by atoms with Gasteiger partial charge in [-0.2, -0.15) is 4.98 Å². The van der Waals surface area contributed by atoms with Gasteiger partial charge in [0.2, 0.25) is 0 Å². The molecule has 1 aliphatic carbocycles. The zero-order valence-electron chi connectivity index (χ0n) is 10.0. The topological polar surface area (TPSA) is 72.6 Å². The molecule has 3 rings (SSSR count). The molecule has 5 heteroatoms. The molecule has 1 aromatic carbocycles. The molecule has 0 unspecified atom stereocenters. The summed E-state index contributed by atoms with van der Waals surface area (Å²) < 4.78 is 10.5. The van der Waals surface area contributed by atoms with Gasteiger partial charge < -0.3 is 14.3 Å². The van der Waals surface area contributed by atoms with Gasteiger partial charge in [-0.3, -0.25) is 0 Å². The van der Waals surface area contributed by atoms with Crippen molar-refractivity contribution < 1.29 is 19.1 Å². The van der Waals surface area contributed by atoms with E-state index in [0.717, 1.165) is 35.8 Å². The molecule has 19 heavy (non-hydrogen) atoms. The minimum atomic E-state index is -1.15. The molecule has 1 aliphatic rings. The summed E-state index contributed by atoms with van der Waals surface area (Å²) in [6.45, 7) is 4.00. The van der Waals surface area contributed by atoms with Crippen LogP contribution in [-0.2, 0) is 6.42 Å². The lowest BCUT2D eigenvalue weighted by molar-refractivity contribution is 0.0690. The number of aromatic nitrogens is 1. The van der Waals surface area contributed by atoms with Crippen LogP contribution < -0.4 is 4.74 Å². The lowest BCUT2D eigenvalue weighted by Gasteiger charge is -2.06. The smallest absolute Gasteiger partial charge is 0.399 e. The summed E-state index contributed by atoms with van der Waals surface area (Å²) in [6.07, 6.45) is 2.75. The summed E-state index contributed by atoms with van der Waals surface area (Å²) in [5.41, 5.74) is 3.05. The van der Waals surface area contributed by atoms with Crippen LogP contribution in [0.15, 0.2) is 35.5 Å². The molecular formula is C14H11NO4. The number of carbonyl (C=O) groups is 1. The van der Waals surface area contributed by atoms with Crippen LogP contribution in [0, 0.1) is 0 Å². The minimum Gasteiger partial charge on any atom is -0.476 e. The lowest BCUT2D eigenvalue weighted by atomic mass is 10.1. The number of aromatic carboxylic acids is 1. The molecule has 0 bridgehead atoms. The van der Waals surface area contributed by atoms with E-state index in [-0.39, 0.29) is 11.8 Å². The summed E-state index contributed by atoms with van der Waals surface area (Å²) in [4.78, 5) is 14.4. The van der Waals surface area contributed by atoms with E-state index in [1.165, 1.54) is 0 Å². The van der Waals surface area contributed by atoms with Crippen LogP contribution in [0.5, 0.6) is 11.8 Å². The molecule has 0 amide bonds. The number of carboxylic acids is 1. The first kappa shape index (κ1) is 11.5. The predicted molar refractivity (Wildman–Crippen MR) is 67.3 cm³/mol. The number of oxazole rings is 1. The van der Waals surface area contributed by atoms with Gasteiger partial charge in [0.1, 0.15) is 12.0 Å². The highest BCUT2D eigenvalue weighted by Gasteiger charge is 2.20. The first-order valence-electron chi connectivity index (χ1n) is 5.82. The second kappa shape index (κ2) is 4.28. The Hall–Kier alpha value is -2.56. The molecule has 0 spiro atoms. The Kier molecular flexibility index (Phi) is 2.59. The number of ether oxygens (including phenoxy) is 1. The Morgan fingerprint density at radius 1 is 1.42 bits per heavy atom.